The molecular weight excluding hydrogens is 320 g/mol. The number of carbonyl (C=O) groups is 2. The van der Waals surface area contributed by atoms with Gasteiger partial charge in [0.25, 0.3) is 6.57 Å². The molecule has 12 heteroatoms. The highest BCUT2D eigenvalue weighted by Gasteiger charge is 2.32. The molecule has 0 bridgehead atoms. The molecule has 0 aliphatic rings. The van der Waals surface area contributed by atoms with E-state index in [1.54, 1.807) is 0 Å². The summed E-state index contributed by atoms with van der Waals surface area (Å²) in [5.74, 6) is 3.11. The van der Waals surface area contributed by atoms with Gasteiger partial charge in [0, 0.05) is 13.1 Å². The summed E-state index contributed by atoms with van der Waals surface area (Å²) < 4.78 is 0. The highest BCUT2D eigenvalue weighted by atomic mass is 16.7. The van der Waals surface area contributed by atoms with Gasteiger partial charge in [0.05, 0.1) is 0 Å². The zero-order valence-electron chi connectivity index (χ0n) is 13.2. The molecule has 0 saturated heterocycles. The summed E-state index contributed by atoms with van der Waals surface area (Å²) in [6.07, 6.45) is 1.52. The molecule has 0 radical (unpaired) electrons. The second kappa shape index (κ2) is 14.3. The fourth-order valence-electron chi connectivity index (χ4n) is 1.52. The van der Waals surface area contributed by atoms with Crippen molar-refractivity contribution in [2.75, 3.05) is 13.1 Å². The molecule has 8 N–H and O–H groups in total. The molecule has 0 spiro atoms. The molecule has 0 amide bonds. The van der Waals surface area contributed by atoms with E-state index in [-0.39, 0.29) is 0 Å². The van der Waals surface area contributed by atoms with Crippen molar-refractivity contribution >= 4 is 11.9 Å². The molecule has 0 aromatic heterocycles. The van der Waals surface area contributed by atoms with Gasteiger partial charge in [-0.15, -0.1) is 0 Å². The van der Waals surface area contributed by atoms with Crippen LogP contribution in [0.1, 0.15) is 25.7 Å². The lowest BCUT2D eigenvalue weighted by Crippen LogP contribution is -2.52. The molecule has 2 unspecified atom stereocenters. The van der Waals surface area contributed by atoms with Crippen LogP contribution in [0, 0.1) is 13.1 Å². The van der Waals surface area contributed by atoms with E-state index in [9.17, 15) is 9.59 Å². The van der Waals surface area contributed by atoms with Crippen LogP contribution in [0.25, 0.3) is 9.85 Å². The maximum atomic E-state index is 11.2. The first-order valence-electron chi connectivity index (χ1n) is 7.20. The summed E-state index contributed by atoms with van der Waals surface area (Å²) in [4.78, 5) is 33.5. The van der Waals surface area contributed by atoms with E-state index in [1.165, 1.54) is 0 Å². The van der Waals surface area contributed by atoms with Gasteiger partial charge in [0.15, 0.2) is 6.17 Å². The van der Waals surface area contributed by atoms with Gasteiger partial charge in [0.2, 0.25) is 5.01 Å². The van der Waals surface area contributed by atoms with E-state index in [1.807, 2.05) is 0 Å². The van der Waals surface area contributed by atoms with Gasteiger partial charge in [-0.3, -0.25) is 10.9 Å². The predicted octanol–water partition coefficient (Wildman–Crippen LogP) is -1.85. The minimum Gasteiger partial charge on any atom is -0.371 e. The topological polar surface area (TPSA) is 161 Å². The summed E-state index contributed by atoms with van der Waals surface area (Å²) in [5, 5.41) is 2.74. The van der Waals surface area contributed by atoms with Crippen LogP contribution in [0.4, 0.5) is 0 Å². The maximum absolute atomic E-state index is 11.2. The summed E-state index contributed by atoms with van der Waals surface area (Å²) >= 11 is 0. The molecular formula is C12H24N8O4+2. The zero-order chi connectivity index (χ0) is 18.2. The van der Waals surface area contributed by atoms with E-state index >= 15 is 0 Å². The molecule has 2 atom stereocenters. The molecule has 0 heterocycles. The van der Waals surface area contributed by atoms with Crippen molar-refractivity contribution in [3.8, 4) is 13.1 Å². The maximum Gasteiger partial charge on any atom is 0.502 e. The fraction of sp³-hybridized carbons (Fsp3) is 0.667. The number of nitrogens with two attached hydrogens (primary N) is 2. The highest BCUT2D eigenvalue weighted by Crippen LogP contribution is 1.97. The van der Waals surface area contributed by atoms with Crippen LogP contribution in [0.2, 0.25) is 0 Å². The smallest absolute Gasteiger partial charge is 0.371 e. The monoisotopic (exact) mass is 344 g/mol. The molecule has 0 aliphatic heterocycles. The number of nitrogens with zero attached hydrogens (tertiary/aromatic N) is 2. The molecule has 0 saturated carbocycles. The molecule has 0 aromatic rings. The number of hydrogen-bond acceptors (Lipinski definition) is 10. The van der Waals surface area contributed by atoms with Crippen LogP contribution in [0.5, 0.6) is 0 Å². The average Bonchev–Trinajstić information content (AvgIpc) is 2.58. The summed E-state index contributed by atoms with van der Waals surface area (Å²) in [6.45, 7) is 11.0. The third-order valence-corrected chi connectivity index (χ3v) is 2.73. The summed E-state index contributed by atoms with van der Waals surface area (Å²) in [5.41, 5.74) is 16.1. The van der Waals surface area contributed by atoms with Crippen molar-refractivity contribution < 1.29 is 19.3 Å². The van der Waals surface area contributed by atoms with Gasteiger partial charge < -0.3 is 10.6 Å². The normalized spacial score (nSPS) is 12.5. The van der Waals surface area contributed by atoms with Crippen LogP contribution in [-0.4, -0.2) is 37.4 Å². The Morgan fingerprint density at radius 3 is 2.08 bits per heavy atom. The van der Waals surface area contributed by atoms with E-state index < -0.39 is 24.3 Å². The number of hydrogen-bond donors (Lipinski definition) is 6. The first kappa shape index (κ1) is 21.7. The quantitative estimate of drug-likeness (QED) is 0.127. The zero-order valence-corrected chi connectivity index (χ0v) is 13.2. The van der Waals surface area contributed by atoms with Crippen LogP contribution >= 0.6 is 0 Å². The van der Waals surface area contributed by atoms with E-state index in [0.717, 1.165) is 25.7 Å². The number of nitrogens with one attached hydrogen (secondary N) is 4. The van der Waals surface area contributed by atoms with Gasteiger partial charge in [-0.1, -0.05) is 22.5 Å². The third-order valence-electron chi connectivity index (χ3n) is 2.73. The lowest BCUT2D eigenvalue weighted by Gasteiger charge is -2.11. The van der Waals surface area contributed by atoms with Crippen LogP contribution in [0.3, 0.4) is 0 Å². The first-order valence-corrected chi connectivity index (χ1v) is 7.20. The minimum absolute atomic E-state index is 0.595. The van der Waals surface area contributed by atoms with Gasteiger partial charge in [0.1, 0.15) is 0 Å². The standard InChI is InChI=1S/C12H24N8O4/c1-15-10(12(22)24-16-2)20-18-8-6-4-3-5-7-17-19-9(13)11(21)23-14/h1-2,9-10,17-20H,3-8,13-14H2/q+2. The molecule has 0 fully saturated rings. The van der Waals surface area contributed by atoms with Crippen LogP contribution in [0.15, 0.2) is 0 Å². The largest absolute Gasteiger partial charge is 0.502 e. The third kappa shape index (κ3) is 10.4. The van der Waals surface area contributed by atoms with Crippen molar-refractivity contribution in [3.05, 3.63) is 9.85 Å². The van der Waals surface area contributed by atoms with E-state index in [0.29, 0.717) is 13.1 Å². The Bertz CT molecular complexity index is 461. The lowest BCUT2D eigenvalue weighted by molar-refractivity contribution is -0.147. The van der Waals surface area contributed by atoms with Gasteiger partial charge in [-0.05, 0) is 12.8 Å². The number of hydrazine groups is 2. The minimum atomic E-state index is -1.09. The van der Waals surface area contributed by atoms with Crippen molar-refractivity contribution in [1.82, 2.24) is 21.7 Å². The fourth-order valence-corrected chi connectivity index (χ4v) is 1.52. The van der Waals surface area contributed by atoms with Gasteiger partial charge in [-0.25, -0.2) is 15.0 Å². The predicted molar refractivity (Wildman–Crippen MR) is 85.5 cm³/mol. The molecule has 0 aromatic carbocycles. The SMILES string of the molecule is C#[N+]OC(=O)C([N+]#C)NNCCCCCCNNC(N)C(=O)ON. The number of carbonyl (C=O) groups excluding carboxylic acids is 2. The van der Waals surface area contributed by atoms with Crippen molar-refractivity contribution in [2.45, 2.75) is 38.0 Å². The average molecular weight is 344 g/mol. The number of rotatable bonds is 13. The van der Waals surface area contributed by atoms with Crippen molar-refractivity contribution in [2.24, 2.45) is 11.6 Å². The molecule has 0 rings (SSSR count). The first-order chi connectivity index (χ1) is 11.6. The highest BCUT2D eigenvalue weighted by molar-refractivity contribution is 5.77. The Hall–Kier alpha value is -2.32. The molecule has 134 valence electrons. The van der Waals surface area contributed by atoms with Crippen LogP contribution in [-0.2, 0) is 19.3 Å². The summed E-state index contributed by atoms with van der Waals surface area (Å²) in [6, 6.07) is 0. The van der Waals surface area contributed by atoms with E-state index in [4.69, 9.17) is 18.9 Å². The lowest BCUT2D eigenvalue weighted by atomic mass is 10.2. The molecule has 24 heavy (non-hydrogen) atoms. The Morgan fingerprint density at radius 1 is 1.00 bits per heavy atom. The van der Waals surface area contributed by atoms with Gasteiger partial charge >= 0.3 is 24.7 Å². The second-order valence-corrected chi connectivity index (χ2v) is 4.54. The Balaban J connectivity index is 3.49. The Kier molecular flexibility index (Phi) is 12.9. The second-order valence-electron chi connectivity index (χ2n) is 4.54. The Labute approximate surface area is 139 Å². The number of unbranched alkanes of at least 4 members (excludes halogenated alkanes) is 3. The molecule has 12 nitrogen and oxygen atoms in total. The van der Waals surface area contributed by atoms with Crippen molar-refractivity contribution in [3.63, 3.8) is 0 Å². The van der Waals surface area contributed by atoms with Gasteiger partial charge in [-0.2, -0.15) is 11.3 Å². The molecule has 0 aliphatic carbocycles. The summed E-state index contributed by atoms with van der Waals surface area (Å²) in [7, 11) is 0. The van der Waals surface area contributed by atoms with Crippen LogP contribution < -0.4 is 33.3 Å². The van der Waals surface area contributed by atoms with E-state index in [2.05, 4.69) is 47.1 Å². The Morgan fingerprint density at radius 2 is 1.58 bits per heavy atom. The van der Waals surface area contributed by atoms with Crippen molar-refractivity contribution in [1.29, 1.82) is 0 Å².